The summed E-state index contributed by atoms with van der Waals surface area (Å²) >= 11 is 8.10. The molecule has 5 heteroatoms. The molecule has 2 unspecified atom stereocenters. The van der Waals surface area contributed by atoms with Crippen molar-refractivity contribution in [3.05, 3.63) is 64.7 Å². The minimum absolute atomic E-state index is 0.408. The lowest BCUT2D eigenvalue weighted by atomic mass is 9.92. The third-order valence-corrected chi connectivity index (χ3v) is 7.07. The average Bonchev–Trinajstić information content (AvgIpc) is 3.42. The van der Waals surface area contributed by atoms with E-state index in [9.17, 15) is 0 Å². The molecule has 3 aromatic heterocycles. The zero-order valence-corrected chi connectivity index (χ0v) is 18.0. The Labute approximate surface area is 180 Å². The maximum Gasteiger partial charge on any atom is 0.0504 e. The van der Waals surface area contributed by atoms with Crippen molar-refractivity contribution in [1.29, 1.82) is 0 Å². The molecule has 0 amide bonds. The van der Waals surface area contributed by atoms with E-state index in [0.29, 0.717) is 12.0 Å². The molecule has 0 spiro atoms. The third-order valence-electron chi connectivity index (χ3n) is 6.16. The van der Waals surface area contributed by atoms with E-state index in [1.807, 2.05) is 18.5 Å². The van der Waals surface area contributed by atoms with Crippen molar-refractivity contribution in [2.75, 3.05) is 13.1 Å². The number of aromatic nitrogens is 2. The largest absolute Gasteiger partial charge is 0.344 e. The van der Waals surface area contributed by atoms with Gasteiger partial charge < -0.3 is 9.88 Å². The Morgan fingerprint density at radius 3 is 2.86 bits per heavy atom. The molecule has 1 N–H and O–H groups in total. The summed E-state index contributed by atoms with van der Waals surface area (Å²) < 4.78 is 2.42. The molecular weight excluding hydrogens is 398 g/mol. The van der Waals surface area contributed by atoms with Crippen LogP contribution in [0.5, 0.6) is 0 Å². The van der Waals surface area contributed by atoms with Gasteiger partial charge in [0.05, 0.1) is 5.52 Å². The number of nitrogens with one attached hydrogen (secondary N) is 1. The van der Waals surface area contributed by atoms with E-state index in [1.54, 1.807) is 11.3 Å². The smallest absolute Gasteiger partial charge is 0.0504 e. The fourth-order valence-corrected chi connectivity index (χ4v) is 5.31. The molecule has 5 rings (SSSR count). The summed E-state index contributed by atoms with van der Waals surface area (Å²) in [6, 6.07) is 11.0. The van der Waals surface area contributed by atoms with Gasteiger partial charge in [0.15, 0.2) is 0 Å². The van der Waals surface area contributed by atoms with Gasteiger partial charge >= 0.3 is 0 Å². The van der Waals surface area contributed by atoms with Gasteiger partial charge in [-0.05, 0) is 79.4 Å². The Bertz CT molecular complexity index is 1130. The van der Waals surface area contributed by atoms with Crippen molar-refractivity contribution in [1.82, 2.24) is 14.9 Å². The summed E-state index contributed by atoms with van der Waals surface area (Å²) in [7, 11) is 0. The van der Waals surface area contributed by atoms with E-state index in [1.165, 1.54) is 34.9 Å². The number of halogens is 1. The molecule has 29 heavy (non-hydrogen) atoms. The first-order valence-corrected chi connectivity index (χ1v) is 11.5. The molecule has 1 fully saturated rings. The standard InChI is InChI=1S/C24H24ClN3S/c1-16(17-3-2-7-26-11-17)28-14-23(22-5-4-21(25)10-24(22)28)20-9-19(12-27-13-20)18-6-8-29-15-18/h4-6,8-10,12-17,26H,2-3,7,11H2,1H3. The van der Waals surface area contributed by atoms with Crippen LogP contribution < -0.4 is 5.32 Å². The van der Waals surface area contributed by atoms with Crippen LogP contribution in [0, 0.1) is 5.92 Å². The number of fused-ring (bicyclic) bond motifs is 1. The summed E-state index contributed by atoms with van der Waals surface area (Å²) in [6.07, 6.45) is 8.72. The predicted molar refractivity (Wildman–Crippen MR) is 124 cm³/mol. The molecular formula is C24H24ClN3S. The summed E-state index contributed by atoms with van der Waals surface area (Å²) in [5, 5.41) is 9.84. The van der Waals surface area contributed by atoms with Gasteiger partial charge in [-0.15, -0.1) is 0 Å². The molecule has 1 aliphatic heterocycles. The van der Waals surface area contributed by atoms with Crippen LogP contribution >= 0.6 is 22.9 Å². The fourth-order valence-electron chi connectivity index (χ4n) is 4.48. The monoisotopic (exact) mass is 421 g/mol. The Kier molecular flexibility index (Phi) is 5.17. The Hall–Kier alpha value is -2.14. The van der Waals surface area contributed by atoms with Gasteiger partial charge in [0.1, 0.15) is 0 Å². The van der Waals surface area contributed by atoms with E-state index < -0.39 is 0 Å². The summed E-state index contributed by atoms with van der Waals surface area (Å²) in [6.45, 7) is 4.54. The van der Waals surface area contributed by atoms with Crippen molar-refractivity contribution < 1.29 is 0 Å². The van der Waals surface area contributed by atoms with Gasteiger partial charge in [0.25, 0.3) is 0 Å². The highest BCUT2D eigenvalue weighted by Gasteiger charge is 2.23. The lowest BCUT2D eigenvalue weighted by Gasteiger charge is -2.30. The second kappa shape index (κ2) is 7.94. The van der Waals surface area contributed by atoms with E-state index in [0.717, 1.165) is 29.2 Å². The number of nitrogens with zero attached hydrogens (tertiary/aromatic N) is 2. The van der Waals surface area contributed by atoms with Crippen LogP contribution in [0.2, 0.25) is 5.02 Å². The highest BCUT2D eigenvalue weighted by Crippen LogP contribution is 2.37. The first kappa shape index (κ1) is 18.9. The van der Waals surface area contributed by atoms with Gasteiger partial charge in [0.2, 0.25) is 0 Å². The van der Waals surface area contributed by atoms with Crippen LogP contribution in [-0.4, -0.2) is 22.6 Å². The number of hydrogen-bond acceptors (Lipinski definition) is 3. The molecule has 3 nitrogen and oxygen atoms in total. The zero-order valence-electron chi connectivity index (χ0n) is 16.4. The van der Waals surface area contributed by atoms with Crippen LogP contribution in [-0.2, 0) is 0 Å². The van der Waals surface area contributed by atoms with Crippen LogP contribution in [0.3, 0.4) is 0 Å². The number of hydrogen-bond donors (Lipinski definition) is 1. The number of piperidine rings is 1. The molecule has 2 atom stereocenters. The van der Waals surface area contributed by atoms with Gasteiger partial charge in [-0.1, -0.05) is 17.7 Å². The summed E-state index contributed by atoms with van der Waals surface area (Å²) in [4.78, 5) is 4.54. The predicted octanol–water partition coefficient (Wildman–Crippen LogP) is 6.65. The second-order valence-electron chi connectivity index (χ2n) is 7.93. The number of thiophene rings is 1. The minimum Gasteiger partial charge on any atom is -0.344 e. The van der Waals surface area contributed by atoms with E-state index >= 15 is 0 Å². The Balaban J connectivity index is 1.62. The molecule has 0 radical (unpaired) electrons. The maximum atomic E-state index is 6.39. The van der Waals surface area contributed by atoms with Crippen LogP contribution in [0.25, 0.3) is 33.2 Å². The van der Waals surface area contributed by atoms with E-state index in [4.69, 9.17) is 11.6 Å². The highest BCUT2D eigenvalue weighted by molar-refractivity contribution is 7.08. The lowest BCUT2D eigenvalue weighted by Crippen LogP contribution is -2.34. The van der Waals surface area contributed by atoms with Crippen LogP contribution in [0.1, 0.15) is 25.8 Å². The second-order valence-corrected chi connectivity index (χ2v) is 9.15. The molecule has 0 saturated carbocycles. The van der Waals surface area contributed by atoms with Crippen molar-refractivity contribution >= 4 is 33.8 Å². The number of benzene rings is 1. The van der Waals surface area contributed by atoms with Crippen LogP contribution in [0.4, 0.5) is 0 Å². The van der Waals surface area contributed by atoms with Crippen LogP contribution in [0.15, 0.2) is 59.7 Å². The van der Waals surface area contributed by atoms with Crippen molar-refractivity contribution in [2.45, 2.75) is 25.8 Å². The van der Waals surface area contributed by atoms with Crippen molar-refractivity contribution in [3.63, 3.8) is 0 Å². The molecule has 1 saturated heterocycles. The van der Waals surface area contributed by atoms with Gasteiger partial charge in [-0.25, -0.2) is 0 Å². The molecule has 0 bridgehead atoms. The Morgan fingerprint density at radius 2 is 2.07 bits per heavy atom. The Morgan fingerprint density at radius 1 is 1.17 bits per heavy atom. The van der Waals surface area contributed by atoms with Crippen molar-refractivity contribution in [2.24, 2.45) is 5.92 Å². The first-order chi connectivity index (χ1) is 14.2. The molecule has 4 aromatic rings. The average molecular weight is 422 g/mol. The topological polar surface area (TPSA) is 29.9 Å². The third kappa shape index (κ3) is 3.61. The summed E-state index contributed by atoms with van der Waals surface area (Å²) in [5.74, 6) is 0.626. The zero-order chi connectivity index (χ0) is 19.8. The molecule has 1 aliphatic rings. The quantitative estimate of drug-likeness (QED) is 0.400. The SMILES string of the molecule is CC(C1CCCNC1)n1cc(-c2cncc(-c3ccsc3)c2)c2ccc(Cl)cc21. The molecule has 1 aromatic carbocycles. The number of rotatable bonds is 4. The van der Waals surface area contributed by atoms with Crippen molar-refractivity contribution in [3.8, 4) is 22.3 Å². The fraction of sp³-hybridized carbons (Fsp3) is 0.292. The molecule has 148 valence electrons. The number of pyridine rings is 1. The summed E-state index contributed by atoms with van der Waals surface area (Å²) in [5.41, 5.74) is 5.94. The first-order valence-electron chi connectivity index (χ1n) is 10.2. The highest BCUT2D eigenvalue weighted by atomic mass is 35.5. The maximum absolute atomic E-state index is 6.39. The normalized spacial score (nSPS) is 18.2. The minimum atomic E-state index is 0.408. The molecule has 4 heterocycles. The lowest BCUT2D eigenvalue weighted by molar-refractivity contribution is 0.284. The van der Waals surface area contributed by atoms with Gasteiger partial charge in [-0.3, -0.25) is 4.98 Å². The molecule has 0 aliphatic carbocycles. The van der Waals surface area contributed by atoms with E-state index in [-0.39, 0.29) is 0 Å². The van der Waals surface area contributed by atoms with Gasteiger partial charge in [0, 0.05) is 51.7 Å². The van der Waals surface area contributed by atoms with Gasteiger partial charge in [-0.2, -0.15) is 11.3 Å². The van der Waals surface area contributed by atoms with E-state index in [2.05, 4.69) is 63.0 Å².